The van der Waals surface area contributed by atoms with Crippen molar-refractivity contribution in [1.29, 1.82) is 0 Å². The molecule has 2 rings (SSSR count). The van der Waals surface area contributed by atoms with Crippen molar-refractivity contribution in [2.45, 2.75) is 13.1 Å². The summed E-state index contributed by atoms with van der Waals surface area (Å²) >= 11 is 7.43. The van der Waals surface area contributed by atoms with E-state index >= 15 is 0 Å². The van der Waals surface area contributed by atoms with Gasteiger partial charge in [-0.25, -0.2) is 4.98 Å². The fraction of sp³-hybridized carbons (Fsp3) is 0.333. The molecule has 0 atom stereocenters. The Labute approximate surface area is 96.9 Å². The molecule has 4 nitrogen and oxygen atoms in total. The number of hydrogen-bond acceptors (Lipinski definition) is 4. The topological polar surface area (TPSA) is 42.7 Å². The van der Waals surface area contributed by atoms with Crippen LogP contribution >= 0.6 is 22.9 Å². The Hall–Kier alpha value is -0.910. The molecule has 0 aliphatic rings. The lowest BCUT2D eigenvalue weighted by Gasteiger charge is -2.02. The molecule has 15 heavy (non-hydrogen) atoms. The van der Waals surface area contributed by atoms with Crippen molar-refractivity contribution in [3.05, 3.63) is 34.0 Å². The number of halogens is 1. The first-order chi connectivity index (χ1) is 7.34. The zero-order chi connectivity index (χ0) is 10.5. The van der Waals surface area contributed by atoms with Gasteiger partial charge in [0, 0.05) is 18.0 Å². The first kappa shape index (κ1) is 10.6. The second kappa shape index (κ2) is 5.25. The van der Waals surface area contributed by atoms with Crippen LogP contribution in [0.5, 0.6) is 0 Å². The van der Waals surface area contributed by atoms with Crippen LogP contribution in [0.25, 0.3) is 0 Å². The Morgan fingerprint density at radius 3 is 3.07 bits per heavy atom. The molecule has 2 aromatic heterocycles. The van der Waals surface area contributed by atoms with Crippen LogP contribution in [0.1, 0.15) is 4.88 Å². The third-order valence-corrected chi connectivity index (χ3v) is 3.14. The lowest BCUT2D eigenvalue weighted by atomic mass is 10.4. The molecule has 0 aromatic carbocycles. The Morgan fingerprint density at radius 2 is 2.40 bits per heavy atom. The number of aromatic nitrogens is 3. The van der Waals surface area contributed by atoms with Gasteiger partial charge in [-0.1, -0.05) is 11.6 Å². The van der Waals surface area contributed by atoms with Gasteiger partial charge < -0.3 is 5.32 Å². The summed E-state index contributed by atoms with van der Waals surface area (Å²) < 4.78 is 2.64. The summed E-state index contributed by atoms with van der Waals surface area (Å²) in [6.45, 7) is 2.56. The predicted molar refractivity (Wildman–Crippen MR) is 61.1 cm³/mol. The third kappa shape index (κ3) is 3.30. The minimum absolute atomic E-state index is 0.832. The molecule has 0 unspecified atom stereocenters. The third-order valence-electron chi connectivity index (χ3n) is 1.91. The van der Waals surface area contributed by atoms with Crippen LogP contribution in [-0.2, 0) is 13.1 Å². The van der Waals surface area contributed by atoms with Crippen molar-refractivity contribution in [3.63, 3.8) is 0 Å². The summed E-state index contributed by atoms with van der Waals surface area (Å²) in [6.07, 6.45) is 3.25. The van der Waals surface area contributed by atoms with Gasteiger partial charge in [-0.15, -0.1) is 11.3 Å². The maximum atomic E-state index is 5.82. The van der Waals surface area contributed by atoms with Gasteiger partial charge in [0.2, 0.25) is 0 Å². The van der Waals surface area contributed by atoms with Crippen LogP contribution in [0.4, 0.5) is 0 Å². The van der Waals surface area contributed by atoms with Crippen molar-refractivity contribution in [1.82, 2.24) is 20.1 Å². The van der Waals surface area contributed by atoms with Gasteiger partial charge in [-0.2, -0.15) is 5.10 Å². The van der Waals surface area contributed by atoms with Crippen LogP contribution in [0.2, 0.25) is 4.34 Å². The van der Waals surface area contributed by atoms with Gasteiger partial charge in [0.25, 0.3) is 0 Å². The summed E-state index contributed by atoms with van der Waals surface area (Å²) in [4.78, 5) is 5.12. The van der Waals surface area contributed by atoms with Gasteiger partial charge >= 0.3 is 0 Å². The Balaban J connectivity index is 1.67. The fourth-order valence-corrected chi connectivity index (χ4v) is 2.26. The minimum Gasteiger partial charge on any atom is -0.310 e. The van der Waals surface area contributed by atoms with E-state index in [0.29, 0.717) is 0 Å². The molecule has 0 aliphatic carbocycles. The quantitative estimate of drug-likeness (QED) is 0.813. The molecule has 0 saturated carbocycles. The average Bonchev–Trinajstić information content (AvgIpc) is 2.84. The van der Waals surface area contributed by atoms with Gasteiger partial charge in [0.05, 0.1) is 10.9 Å². The lowest BCUT2D eigenvalue weighted by molar-refractivity contribution is 0.555. The van der Waals surface area contributed by atoms with E-state index in [1.54, 1.807) is 28.7 Å². The molecular weight excluding hydrogens is 232 g/mol. The highest BCUT2D eigenvalue weighted by Crippen LogP contribution is 2.20. The van der Waals surface area contributed by atoms with E-state index in [9.17, 15) is 0 Å². The number of nitrogens with zero attached hydrogens (tertiary/aromatic N) is 3. The van der Waals surface area contributed by atoms with Gasteiger partial charge in [0.1, 0.15) is 12.7 Å². The smallest absolute Gasteiger partial charge is 0.137 e. The van der Waals surface area contributed by atoms with Gasteiger partial charge in [-0.3, -0.25) is 4.68 Å². The first-order valence-corrected chi connectivity index (χ1v) is 5.81. The molecule has 0 radical (unpaired) electrons. The van der Waals surface area contributed by atoms with E-state index in [4.69, 9.17) is 11.6 Å². The molecule has 0 saturated heterocycles. The van der Waals surface area contributed by atoms with Gasteiger partial charge in [-0.05, 0) is 12.1 Å². The zero-order valence-electron chi connectivity index (χ0n) is 8.06. The largest absolute Gasteiger partial charge is 0.310 e. The molecule has 2 heterocycles. The number of rotatable bonds is 5. The minimum atomic E-state index is 0.832. The SMILES string of the molecule is Clc1ccc(CNCCn2cncn2)s1. The molecule has 6 heteroatoms. The maximum Gasteiger partial charge on any atom is 0.137 e. The highest BCUT2D eigenvalue weighted by atomic mass is 35.5. The van der Waals surface area contributed by atoms with Crippen molar-refractivity contribution in [3.8, 4) is 0 Å². The molecular formula is C9H11ClN4S. The standard InChI is InChI=1S/C9H11ClN4S/c10-9-2-1-8(15-9)5-11-3-4-14-7-12-6-13-14/h1-2,6-7,11H,3-5H2. The van der Waals surface area contributed by atoms with Crippen molar-refractivity contribution >= 4 is 22.9 Å². The van der Waals surface area contributed by atoms with Crippen molar-refractivity contribution in [2.75, 3.05) is 6.54 Å². The molecule has 0 fully saturated rings. The summed E-state index contributed by atoms with van der Waals surface area (Å²) in [7, 11) is 0. The highest BCUT2D eigenvalue weighted by Gasteiger charge is 1.97. The van der Waals surface area contributed by atoms with E-state index in [1.807, 2.05) is 12.1 Å². The van der Waals surface area contributed by atoms with Crippen LogP contribution < -0.4 is 5.32 Å². The number of hydrogen-bond donors (Lipinski definition) is 1. The second-order valence-corrected chi connectivity index (χ2v) is 4.84. The molecule has 0 spiro atoms. The Morgan fingerprint density at radius 1 is 1.47 bits per heavy atom. The summed E-state index contributed by atoms with van der Waals surface area (Å²) in [5.41, 5.74) is 0. The molecule has 0 aliphatic heterocycles. The van der Waals surface area contributed by atoms with E-state index in [0.717, 1.165) is 24.0 Å². The second-order valence-electron chi connectivity index (χ2n) is 3.04. The first-order valence-electron chi connectivity index (χ1n) is 4.62. The van der Waals surface area contributed by atoms with Crippen molar-refractivity contribution < 1.29 is 0 Å². The number of thiophene rings is 1. The average molecular weight is 243 g/mol. The molecule has 2 aromatic rings. The van der Waals surface area contributed by atoms with Crippen LogP contribution in [0, 0.1) is 0 Å². The van der Waals surface area contributed by atoms with Crippen LogP contribution in [0.15, 0.2) is 24.8 Å². The highest BCUT2D eigenvalue weighted by molar-refractivity contribution is 7.16. The molecule has 0 amide bonds. The fourth-order valence-electron chi connectivity index (χ4n) is 1.20. The monoisotopic (exact) mass is 242 g/mol. The molecule has 0 bridgehead atoms. The lowest BCUT2D eigenvalue weighted by Crippen LogP contribution is -2.19. The summed E-state index contributed by atoms with van der Waals surface area (Å²) in [5, 5.41) is 7.33. The number of nitrogens with one attached hydrogen (secondary N) is 1. The predicted octanol–water partition coefficient (Wildman–Crippen LogP) is 1.78. The van der Waals surface area contributed by atoms with Crippen LogP contribution in [-0.4, -0.2) is 21.3 Å². The normalized spacial score (nSPS) is 10.7. The zero-order valence-corrected chi connectivity index (χ0v) is 9.63. The van der Waals surface area contributed by atoms with Crippen LogP contribution in [0.3, 0.4) is 0 Å². The Kier molecular flexibility index (Phi) is 3.71. The Bertz CT molecular complexity index is 398. The van der Waals surface area contributed by atoms with E-state index < -0.39 is 0 Å². The maximum absolute atomic E-state index is 5.82. The van der Waals surface area contributed by atoms with E-state index in [1.165, 1.54) is 4.88 Å². The van der Waals surface area contributed by atoms with E-state index in [2.05, 4.69) is 15.4 Å². The molecule has 80 valence electrons. The van der Waals surface area contributed by atoms with E-state index in [-0.39, 0.29) is 0 Å². The van der Waals surface area contributed by atoms with Crippen molar-refractivity contribution in [2.24, 2.45) is 0 Å². The van der Waals surface area contributed by atoms with Gasteiger partial charge in [0.15, 0.2) is 0 Å². The molecule has 1 N–H and O–H groups in total. The summed E-state index contributed by atoms with van der Waals surface area (Å²) in [5.74, 6) is 0. The summed E-state index contributed by atoms with van der Waals surface area (Å²) in [6, 6.07) is 3.95.